The molecular formula is C13H15N3O2. The first-order valence-electron chi connectivity index (χ1n) is 5.86. The summed E-state index contributed by atoms with van der Waals surface area (Å²) in [6.45, 7) is 2.47. The van der Waals surface area contributed by atoms with E-state index in [-0.39, 0.29) is 6.42 Å². The SMILES string of the molecule is Cc1nc2ccccc2nc1NCCCC(=O)O. The van der Waals surface area contributed by atoms with E-state index >= 15 is 0 Å². The van der Waals surface area contributed by atoms with Crippen molar-refractivity contribution in [1.82, 2.24) is 9.97 Å². The lowest BCUT2D eigenvalue weighted by Crippen LogP contribution is -2.08. The van der Waals surface area contributed by atoms with Crippen molar-refractivity contribution in [2.24, 2.45) is 0 Å². The Labute approximate surface area is 105 Å². The van der Waals surface area contributed by atoms with Crippen molar-refractivity contribution in [3.05, 3.63) is 30.0 Å². The number of carboxylic acids is 1. The lowest BCUT2D eigenvalue weighted by Gasteiger charge is -2.08. The van der Waals surface area contributed by atoms with Gasteiger partial charge in [-0.2, -0.15) is 0 Å². The molecule has 0 unspecified atom stereocenters. The van der Waals surface area contributed by atoms with Gasteiger partial charge in [-0.15, -0.1) is 0 Å². The second-order valence-corrected chi connectivity index (χ2v) is 4.07. The standard InChI is InChI=1S/C13H15N3O2/c1-9-13(14-8-4-7-12(17)18)16-11-6-3-2-5-10(11)15-9/h2-3,5-6H,4,7-8H2,1H3,(H,14,16)(H,17,18). The normalized spacial score (nSPS) is 10.5. The zero-order valence-corrected chi connectivity index (χ0v) is 10.2. The van der Waals surface area contributed by atoms with Crippen LogP contribution in [0.4, 0.5) is 5.82 Å². The van der Waals surface area contributed by atoms with E-state index in [1.165, 1.54) is 0 Å². The zero-order valence-electron chi connectivity index (χ0n) is 10.2. The lowest BCUT2D eigenvalue weighted by atomic mass is 10.3. The molecule has 0 saturated carbocycles. The van der Waals surface area contributed by atoms with Crippen molar-refractivity contribution in [2.45, 2.75) is 19.8 Å². The van der Waals surface area contributed by atoms with Crippen molar-refractivity contribution in [3.63, 3.8) is 0 Å². The number of carbonyl (C=O) groups is 1. The Balaban J connectivity index is 2.08. The maximum Gasteiger partial charge on any atom is 0.303 e. The highest BCUT2D eigenvalue weighted by molar-refractivity contribution is 5.76. The van der Waals surface area contributed by atoms with E-state index in [2.05, 4.69) is 15.3 Å². The van der Waals surface area contributed by atoms with Crippen LogP contribution in [0, 0.1) is 6.92 Å². The van der Waals surface area contributed by atoms with E-state index in [1.807, 2.05) is 31.2 Å². The largest absolute Gasteiger partial charge is 0.481 e. The summed E-state index contributed by atoms with van der Waals surface area (Å²) < 4.78 is 0. The number of para-hydroxylation sites is 2. The minimum atomic E-state index is -0.780. The van der Waals surface area contributed by atoms with Crippen LogP contribution in [0.25, 0.3) is 11.0 Å². The lowest BCUT2D eigenvalue weighted by molar-refractivity contribution is -0.137. The van der Waals surface area contributed by atoms with E-state index in [0.29, 0.717) is 13.0 Å². The van der Waals surface area contributed by atoms with E-state index in [1.54, 1.807) is 0 Å². The molecule has 0 amide bonds. The average Bonchev–Trinajstić information content (AvgIpc) is 2.34. The molecule has 0 aliphatic rings. The quantitative estimate of drug-likeness (QED) is 0.790. The number of nitrogens with zero attached hydrogens (tertiary/aromatic N) is 2. The minimum absolute atomic E-state index is 0.160. The van der Waals surface area contributed by atoms with E-state index in [0.717, 1.165) is 22.5 Å². The molecule has 18 heavy (non-hydrogen) atoms. The fourth-order valence-corrected chi connectivity index (χ4v) is 1.70. The summed E-state index contributed by atoms with van der Waals surface area (Å²) in [6, 6.07) is 7.67. The van der Waals surface area contributed by atoms with Gasteiger partial charge in [0.05, 0.1) is 16.7 Å². The second kappa shape index (κ2) is 5.44. The van der Waals surface area contributed by atoms with Gasteiger partial charge in [0.1, 0.15) is 5.82 Å². The van der Waals surface area contributed by atoms with E-state index in [4.69, 9.17) is 5.11 Å². The molecule has 0 fully saturated rings. The summed E-state index contributed by atoms with van der Waals surface area (Å²) in [5, 5.41) is 11.7. The summed E-state index contributed by atoms with van der Waals surface area (Å²) >= 11 is 0. The van der Waals surface area contributed by atoms with Gasteiger partial charge in [0.25, 0.3) is 0 Å². The number of aliphatic carboxylic acids is 1. The fraction of sp³-hybridized carbons (Fsp3) is 0.308. The first-order valence-corrected chi connectivity index (χ1v) is 5.86. The third-order valence-electron chi connectivity index (χ3n) is 2.60. The number of rotatable bonds is 5. The van der Waals surface area contributed by atoms with Gasteiger partial charge >= 0.3 is 5.97 Å². The van der Waals surface area contributed by atoms with Crippen molar-refractivity contribution >= 4 is 22.8 Å². The Morgan fingerprint density at radius 1 is 1.28 bits per heavy atom. The van der Waals surface area contributed by atoms with Crippen LogP contribution in [-0.2, 0) is 4.79 Å². The van der Waals surface area contributed by atoms with Crippen molar-refractivity contribution < 1.29 is 9.90 Å². The number of carboxylic acid groups (broad SMARTS) is 1. The topological polar surface area (TPSA) is 75.1 Å². The van der Waals surface area contributed by atoms with Gasteiger partial charge in [-0.05, 0) is 25.5 Å². The predicted molar refractivity (Wildman–Crippen MR) is 69.6 cm³/mol. The van der Waals surface area contributed by atoms with Gasteiger partial charge in [-0.25, -0.2) is 9.97 Å². The fourth-order valence-electron chi connectivity index (χ4n) is 1.70. The molecule has 94 valence electrons. The Hall–Kier alpha value is -2.17. The highest BCUT2D eigenvalue weighted by Gasteiger charge is 2.04. The number of hydrogen-bond acceptors (Lipinski definition) is 4. The Morgan fingerprint density at radius 3 is 2.61 bits per heavy atom. The number of aromatic nitrogens is 2. The molecule has 0 spiro atoms. The zero-order chi connectivity index (χ0) is 13.0. The maximum absolute atomic E-state index is 10.4. The van der Waals surface area contributed by atoms with Crippen LogP contribution in [0.1, 0.15) is 18.5 Å². The monoisotopic (exact) mass is 245 g/mol. The second-order valence-electron chi connectivity index (χ2n) is 4.07. The molecule has 1 aromatic heterocycles. The van der Waals surface area contributed by atoms with Crippen LogP contribution in [0.3, 0.4) is 0 Å². The molecule has 1 heterocycles. The number of nitrogens with one attached hydrogen (secondary N) is 1. The van der Waals surface area contributed by atoms with Gasteiger partial charge in [-0.3, -0.25) is 4.79 Å². The molecule has 5 nitrogen and oxygen atoms in total. The smallest absolute Gasteiger partial charge is 0.303 e. The van der Waals surface area contributed by atoms with Crippen molar-refractivity contribution in [1.29, 1.82) is 0 Å². The minimum Gasteiger partial charge on any atom is -0.481 e. The summed E-state index contributed by atoms with van der Waals surface area (Å²) in [6.07, 6.45) is 0.732. The van der Waals surface area contributed by atoms with Gasteiger partial charge in [0.15, 0.2) is 0 Å². The molecule has 1 aromatic carbocycles. The molecule has 0 aliphatic carbocycles. The molecule has 0 aliphatic heterocycles. The van der Waals surface area contributed by atoms with E-state index in [9.17, 15) is 4.79 Å². The van der Waals surface area contributed by atoms with Crippen LogP contribution in [0.2, 0.25) is 0 Å². The predicted octanol–water partition coefficient (Wildman–Crippen LogP) is 2.21. The third-order valence-corrected chi connectivity index (χ3v) is 2.60. The number of fused-ring (bicyclic) bond motifs is 1. The van der Waals surface area contributed by atoms with Gasteiger partial charge in [0, 0.05) is 13.0 Å². The maximum atomic E-state index is 10.4. The summed E-state index contributed by atoms with van der Waals surface area (Å²) in [7, 11) is 0. The molecule has 2 N–H and O–H groups in total. The Kier molecular flexibility index (Phi) is 3.72. The summed E-state index contributed by atoms with van der Waals surface area (Å²) in [4.78, 5) is 19.3. The van der Waals surface area contributed by atoms with Gasteiger partial charge in [0.2, 0.25) is 0 Å². The molecule has 0 bridgehead atoms. The first-order chi connectivity index (χ1) is 8.66. The summed E-state index contributed by atoms with van der Waals surface area (Å²) in [5.74, 6) is -0.0581. The number of hydrogen-bond donors (Lipinski definition) is 2. The third kappa shape index (κ3) is 2.94. The first kappa shape index (κ1) is 12.3. The van der Waals surface area contributed by atoms with Crippen LogP contribution in [-0.4, -0.2) is 27.6 Å². The Bertz CT molecular complexity index is 569. The number of anilines is 1. The molecule has 0 atom stereocenters. The van der Waals surface area contributed by atoms with Crippen LogP contribution in [0.5, 0.6) is 0 Å². The van der Waals surface area contributed by atoms with Crippen LogP contribution < -0.4 is 5.32 Å². The number of benzene rings is 1. The van der Waals surface area contributed by atoms with Crippen LogP contribution >= 0.6 is 0 Å². The van der Waals surface area contributed by atoms with Crippen LogP contribution in [0.15, 0.2) is 24.3 Å². The van der Waals surface area contributed by atoms with Crippen molar-refractivity contribution in [3.8, 4) is 0 Å². The Morgan fingerprint density at radius 2 is 1.94 bits per heavy atom. The average molecular weight is 245 g/mol. The highest BCUT2D eigenvalue weighted by atomic mass is 16.4. The van der Waals surface area contributed by atoms with Crippen molar-refractivity contribution in [2.75, 3.05) is 11.9 Å². The van der Waals surface area contributed by atoms with E-state index < -0.39 is 5.97 Å². The van der Waals surface area contributed by atoms with Gasteiger partial charge < -0.3 is 10.4 Å². The highest BCUT2D eigenvalue weighted by Crippen LogP contribution is 2.15. The number of aryl methyl sites for hydroxylation is 1. The molecule has 0 radical (unpaired) electrons. The molecular weight excluding hydrogens is 230 g/mol. The molecule has 2 aromatic rings. The van der Waals surface area contributed by atoms with Gasteiger partial charge in [-0.1, -0.05) is 12.1 Å². The summed E-state index contributed by atoms with van der Waals surface area (Å²) in [5.41, 5.74) is 2.53. The molecule has 2 rings (SSSR count). The molecule has 0 saturated heterocycles. The molecule has 5 heteroatoms.